The predicted molar refractivity (Wildman–Crippen MR) is 82.0 cm³/mol. The zero-order valence-electron chi connectivity index (χ0n) is 12.9. The molecule has 10 heteroatoms. The van der Waals surface area contributed by atoms with Crippen molar-refractivity contribution in [3.8, 4) is 0 Å². The Bertz CT molecular complexity index is 627. The molecule has 0 aliphatic rings. The molecule has 0 saturated heterocycles. The Morgan fingerprint density at radius 1 is 1.48 bits per heavy atom. The molecule has 0 aromatic heterocycles. The van der Waals surface area contributed by atoms with E-state index in [1.807, 2.05) is 5.32 Å². The smallest absolute Gasteiger partial charge is 0.359 e. The second-order valence-electron chi connectivity index (χ2n) is 4.27. The predicted octanol–water partition coefficient (Wildman–Crippen LogP) is 1.31. The van der Waals surface area contributed by atoms with Crippen LogP contribution < -0.4 is 5.32 Å². The van der Waals surface area contributed by atoms with E-state index in [0.717, 1.165) is 12.1 Å². The first-order valence-electron chi connectivity index (χ1n) is 6.87. The molecule has 1 rings (SSSR count). The lowest BCUT2D eigenvalue weighted by Crippen LogP contribution is -2.58. The Labute approximate surface area is 142 Å². The first-order chi connectivity index (χ1) is 11.1. The van der Waals surface area contributed by atoms with Crippen molar-refractivity contribution in [1.82, 2.24) is 5.32 Å². The van der Waals surface area contributed by atoms with Gasteiger partial charge in [0.25, 0.3) is 11.6 Å². The van der Waals surface area contributed by atoms with Crippen LogP contribution in [0.15, 0.2) is 24.3 Å². The maximum absolute atomic E-state index is 12.0. The van der Waals surface area contributed by atoms with Crippen molar-refractivity contribution < 1.29 is 25.7 Å². The average molecular weight is 366 g/mol. The number of nitrogens with one attached hydrogen (secondary N) is 1. The van der Waals surface area contributed by atoms with Gasteiger partial charge in [-0.05, 0) is 12.5 Å². The number of nitrogens with zero attached hydrogens (tertiary/aromatic N) is 1. The van der Waals surface area contributed by atoms with E-state index in [2.05, 4.69) is 4.74 Å². The quantitative estimate of drug-likeness (QED) is 0.247. The first-order valence-corrected chi connectivity index (χ1v) is 7.17. The topological polar surface area (TPSA) is 119 Å². The monoisotopic (exact) mass is 365 g/mol. The lowest BCUT2D eigenvalue weighted by Gasteiger charge is -2.27. The zero-order valence-corrected chi connectivity index (χ0v) is 13.4. The number of ether oxygens (including phenoxy) is 1. The molecule has 0 aliphatic carbocycles. The molecule has 1 aromatic carbocycles. The van der Waals surface area contributed by atoms with Crippen LogP contribution in [-0.2, 0) is 20.7 Å². The summed E-state index contributed by atoms with van der Waals surface area (Å²) in [5, 5.41) is 23.0. The fourth-order valence-electron chi connectivity index (χ4n) is 1.56. The van der Waals surface area contributed by atoms with Gasteiger partial charge in [-0.3, -0.25) is 14.9 Å². The van der Waals surface area contributed by atoms with Crippen molar-refractivity contribution in [3.05, 3.63) is 39.9 Å². The Morgan fingerprint density at radius 2 is 2.04 bits per heavy atom. The van der Waals surface area contributed by atoms with Gasteiger partial charge in [0, 0.05) is 19.9 Å². The van der Waals surface area contributed by atoms with E-state index in [4.69, 9.17) is 24.6 Å². The third kappa shape index (κ3) is 5.34. The number of nitro benzene ring substituents is 1. The lowest BCUT2D eigenvalue weighted by atomic mass is 10.0. The summed E-state index contributed by atoms with van der Waals surface area (Å²) in [7, 11) is 0. The highest BCUT2D eigenvalue weighted by Crippen LogP contribution is 2.18. The van der Waals surface area contributed by atoms with Gasteiger partial charge in [0.15, 0.2) is 4.84 Å². The molecule has 0 heterocycles. The number of hydrogen-bond donors (Lipinski definition) is 2. The number of carbonyl (C=O) groups is 2. The van der Waals surface area contributed by atoms with Gasteiger partial charge >= 0.3 is 5.97 Å². The van der Waals surface area contributed by atoms with Crippen LogP contribution in [0.5, 0.6) is 0 Å². The van der Waals surface area contributed by atoms with Gasteiger partial charge in [-0.15, -0.1) is 0 Å². The summed E-state index contributed by atoms with van der Waals surface area (Å²) in [6.07, 6.45) is -1.74. The fourth-order valence-corrected chi connectivity index (χ4v) is 1.67. The number of non-ortho nitro benzene ring substituents is 1. The van der Waals surface area contributed by atoms with Gasteiger partial charge in [0.2, 0.25) is 5.72 Å². The zero-order chi connectivity index (χ0) is 18.5. The number of halogens is 2. The van der Waals surface area contributed by atoms with Gasteiger partial charge in [0.05, 0.1) is 11.5 Å². The van der Waals surface area contributed by atoms with Gasteiger partial charge in [-0.25, -0.2) is 4.79 Å². The largest absolute Gasteiger partial charge is 0.462 e. The third-order valence-electron chi connectivity index (χ3n) is 2.58. The molecule has 0 bridgehead atoms. The second kappa shape index (κ2) is 8.09. The molecule has 1 aromatic rings. The Hall–Kier alpha value is -1.90. The maximum Gasteiger partial charge on any atom is 0.359 e. The van der Waals surface area contributed by atoms with Crippen LogP contribution in [-0.4, -0.2) is 39.1 Å². The molecular weight excluding hydrogens is 351 g/mol. The van der Waals surface area contributed by atoms with E-state index in [-0.39, 0.29) is 17.9 Å². The van der Waals surface area contributed by atoms with Crippen molar-refractivity contribution in [2.24, 2.45) is 0 Å². The second-order valence-corrected chi connectivity index (χ2v) is 5.37. The fraction of sp³-hybridized carbons (Fsp3) is 0.385. The van der Waals surface area contributed by atoms with Crippen LogP contribution >= 0.6 is 23.2 Å². The van der Waals surface area contributed by atoms with Crippen molar-refractivity contribution in [3.63, 3.8) is 0 Å². The SMILES string of the molecule is [2H][C@H](c1ccc([N+](=O)[O-])cc1)[C@@](O)(NC(=O)C(Cl)Cl)C(=O)OCC. The minimum absolute atomic E-state index is 0.0251. The van der Waals surface area contributed by atoms with E-state index >= 15 is 0 Å². The molecule has 0 unspecified atom stereocenters. The molecule has 8 nitrogen and oxygen atoms in total. The van der Waals surface area contributed by atoms with Gasteiger partial charge in [0.1, 0.15) is 0 Å². The molecule has 0 radical (unpaired) electrons. The molecule has 0 spiro atoms. The number of carbonyl (C=O) groups excluding carboxylic acids is 2. The average Bonchev–Trinajstić information content (AvgIpc) is 2.54. The summed E-state index contributed by atoms with van der Waals surface area (Å²) >= 11 is 10.8. The summed E-state index contributed by atoms with van der Waals surface area (Å²) in [5.41, 5.74) is -2.99. The van der Waals surface area contributed by atoms with E-state index in [1.165, 1.54) is 19.1 Å². The minimum atomic E-state index is -2.77. The maximum atomic E-state index is 12.0. The van der Waals surface area contributed by atoms with Crippen LogP contribution in [0.4, 0.5) is 5.69 Å². The third-order valence-corrected chi connectivity index (χ3v) is 2.97. The van der Waals surface area contributed by atoms with Gasteiger partial charge in [-0.2, -0.15) is 0 Å². The molecule has 1 amide bonds. The normalized spacial score (nSPS) is 15.3. The number of hydrogen-bond acceptors (Lipinski definition) is 6. The molecule has 2 atom stereocenters. The van der Waals surface area contributed by atoms with E-state index in [0.29, 0.717) is 0 Å². The minimum Gasteiger partial charge on any atom is -0.462 e. The lowest BCUT2D eigenvalue weighted by molar-refractivity contribution is -0.384. The Balaban J connectivity index is 3.19. The van der Waals surface area contributed by atoms with Crippen LogP contribution in [0.1, 0.15) is 13.9 Å². The summed E-state index contributed by atoms with van der Waals surface area (Å²) < 4.78 is 12.7. The van der Waals surface area contributed by atoms with Gasteiger partial charge in [-0.1, -0.05) is 35.3 Å². The van der Waals surface area contributed by atoms with Crippen LogP contribution in [0.25, 0.3) is 0 Å². The van der Waals surface area contributed by atoms with Crippen molar-refractivity contribution in [2.45, 2.75) is 23.9 Å². The molecule has 2 N–H and O–H groups in total. The highest BCUT2D eigenvalue weighted by Gasteiger charge is 2.40. The van der Waals surface area contributed by atoms with Crippen molar-refractivity contribution in [1.29, 1.82) is 0 Å². The van der Waals surface area contributed by atoms with E-state index in [9.17, 15) is 24.8 Å². The molecule has 126 valence electrons. The highest BCUT2D eigenvalue weighted by molar-refractivity contribution is 6.53. The standard InChI is InChI=1S/C13H14Cl2N2O6/c1-2-23-12(19)13(20,16-11(18)10(14)15)7-8-3-5-9(6-4-8)17(21)22/h3-6,10,20H,2,7H2,1H3,(H,16,18)/t13-/m0/s1/i7D/t7-,13+/m1. The number of esters is 1. The summed E-state index contributed by atoms with van der Waals surface area (Å²) in [6, 6.07) is 4.53. The first kappa shape index (κ1) is 17.5. The van der Waals surface area contributed by atoms with E-state index in [1.54, 1.807) is 0 Å². The number of benzene rings is 1. The van der Waals surface area contributed by atoms with Gasteiger partial charge < -0.3 is 15.2 Å². The molecule has 0 aliphatic heterocycles. The summed E-state index contributed by atoms with van der Waals surface area (Å²) in [4.78, 5) is 32.1. The Morgan fingerprint density at radius 3 is 2.48 bits per heavy atom. The highest BCUT2D eigenvalue weighted by atomic mass is 35.5. The number of nitro groups is 1. The number of aliphatic hydroxyl groups is 1. The Kier molecular flexibility index (Phi) is 6.14. The molecule has 0 saturated carbocycles. The molecule has 23 heavy (non-hydrogen) atoms. The molecule has 0 fully saturated rings. The van der Waals surface area contributed by atoms with Crippen LogP contribution in [0, 0.1) is 10.1 Å². The van der Waals surface area contributed by atoms with Crippen LogP contribution in [0.3, 0.4) is 0 Å². The summed E-state index contributed by atoms with van der Waals surface area (Å²) in [6.45, 7) is 1.35. The number of rotatable bonds is 7. The summed E-state index contributed by atoms with van der Waals surface area (Å²) in [5.74, 6) is -2.39. The van der Waals surface area contributed by atoms with E-state index < -0.39 is 33.8 Å². The van der Waals surface area contributed by atoms with Crippen LogP contribution in [0.2, 0.25) is 0 Å². The van der Waals surface area contributed by atoms with Crippen molar-refractivity contribution in [2.75, 3.05) is 6.61 Å². The number of alkyl halides is 2. The molecular formula is C13H14Cl2N2O6. The van der Waals surface area contributed by atoms with Crippen molar-refractivity contribution >= 4 is 40.8 Å². The number of amides is 1.